The Morgan fingerprint density at radius 2 is 2.19 bits per heavy atom. The number of carbonyl (C=O) groups is 1. The monoisotopic (exact) mass is 229 g/mol. The molecule has 4 nitrogen and oxygen atoms in total. The Bertz CT molecular complexity index is 202. The molecule has 1 amide bonds. The van der Waals surface area contributed by atoms with Gasteiger partial charge in [-0.05, 0) is 25.7 Å². The summed E-state index contributed by atoms with van der Waals surface area (Å²) in [6, 6.07) is 0. The van der Waals surface area contributed by atoms with Crippen LogP contribution in [0.1, 0.15) is 39.0 Å². The first-order valence-electron chi connectivity index (χ1n) is 6.26. The first-order chi connectivity index (χ1) is 7.74. The third-order valence-electron chi connectivity index (χ3n) is 3.13. The topological polar surface area (TPSA) is 58.6 Å². The lowest BCUT2D eigenvalue weighted by molar-refractivity contribution is -0.122. The van der Waals surface area contributed by atoms with Gasteiger partial charge in [-0.15, -0.1) is 0 Å². The molecule has 94 valence electrons. The molecule has 2 N–H and O–H groups in total. The summed E-state index contributed by atoms with van der Waals surface area (Å²) in [6.45, 7) is 3.39. The van der Waals surface area contributed by atoms with Crippen LogP contribution in [0.3, 0.4) is 0 Å². The van der Waals surface area contributed by atoms with Crippen LogP contribution in [0.15, 0.2) is 0 Å². The van der Waals surface area contributed by atoms with E-state index in [9.17, 15) is 9.90 Å². The third-order valence-corrected chi connectivity index (χ3v) is 3.13. The van der Waals surface area contributed by atoms with Crippen molar-refractivity contribution in [3.05, 3.63) is 0 Å². The number of ether oxygens (including phenoxy) is 1. The van der Waals surface area contributed by atoms with E-state index in [-0.39, 0.29) is 12.0 Å². The summed E-state index contributed by atoms with van der Waals surface area (Å²) in [5, 5.41) is 12.6. The van der Waals surface area contributed by atoms with Gasteiger partial charge in [-0.3, -0.25) is 4.79 Å². The molecule has 1 atom stereocenters. The van der Waals surface area contributed by atoms with Crippen molar-refractivity contribution < 1.29 is 14.6 Å². The second-order valence-corrected chi connectivity index (χ2v) is 4.36. The maximum absolute atomic E-state index is 11.3. The number of nitrogens with one attached hydrogen (secondary N) is 1. The van der Waals surface area contributed by atoms with Gasteiger partial charge in [0.15, 0.2) is 0 Å². The van der Waals surface area contributed by atoms with Gasteiger partial charge in [0.1, 0.15) is 0 Å². The van der Waals surface area contributed by atoms with Gasteiger partial charge in [0, 0.05) is 19.6 Å². The molecule has 1 fully saturated rings. The molecular formula is C12H23NO3. The summed E-state index contributed by atoms with van der Waals surface area (Å²) in [7, 11) is 0. The number of rotatable bonds is 7. The Kier molecular flexibility index (Phi) is 6.42. The van der Waals surface area contributed by atoms with E-state index in [0.717, 1.165) is 12.8 Å². The summed E-state index contributed by atoms with van der Waals surface area (Å²) in [6.07, 6.45) is 4.61. The largest absolute Gasteiger partial charge is 0.391 e. The molecule has 0 radical (unpaired) electrons. The zero-order chi connectivity index (χ0) is 11.8. The summed E-state index contributed by atoms with van der Waals surface area (Å²) in [4.78, 5) is 11.3. The summed E-state index contributed by atoms with van der Waals surface area (Å²) < 4.78 is 5.09. The van der Waals surface area contributed by atoms with E-state index in [1.807, 2.05) is 6.92 Å². The Labute approximate surface area is 97.4 Å². The first-order valence-corrected chi connectivity index (χ1v) is 6.26. The van der Waals surface area contributed by atoms with Crippen LogP contribution in [0.2, 0.25) is 0 Å². The van der Waals surface area contributed by atoms with E-state index in [2.05, 4.69) is 5.32 Å². The van der Waals surface area contributed by atoms with Gasteiger partial charge in [0.25, 0.3) is 0 Å². The maximum atomic E-state index is 11.3. The highest BCUT2D eigenvalue weighted by molar-refractivity contribution is 5.75. The molecule has 0 spiro atoms. The molecule has 0 aromatic carbocycles. The van der Waals surface area contributed by atoms with Gasteiger partial charge in [-0.1, -0.05) is 12.8 Å². The molecule has 0 saturated heterocycles. The molecule has 1 aliphatic carbocycles. The van der Waals surface area contributed by atoms with Crippen molar-refractivity contribution in [2.45, 2.75) is 45.1 Å². The van der Waals surface area contributed by atoms with Crippen LogP contribution in [0.4, 0.5) is 0 Å². The van der Waals surface area contributed by atoms with Crippen molar-refractivity contribution in [3.8, 4) is 0 Å². The number of amides is 1. The van der Waals surface area contributed by atoms with Crippen molar-refractivity contribution in [2.75, 3.05) is 19.8 Å². The number of aliphatic hydroxyl groups is 1. The van der Waals surface area contributed by atoms with E-state index >= 15 is 0 Å². The lowest BCUT2D eigenvalue weighted by Crippen LogP contribution is -2.35. The van der Waals surface area contributed by atoms with E-state index in [4.69, 9.17) is 4.74 Å². The average Bonchev–Trinajstić information content (AvgIpc) is 2.79. The Morgan fingerprint density at radius 3 is 2.81 bits per heavy atom. The minimum absolute atomic E-state index is 0.0366. The number of hydrogen-bond acceptors (Lipinski definition) is 3. The predicted molar refractivity (Wildman–Crippen MR) is 62.1 cm³/mol. The van der Waals surface area contributed by atoms with Crippen LogP contribution >= 0.6 is 0 Å². The van der Waals surface area contributed by atoms with E-state index in [1.165, 1.54) is 12.8 Å². The van der Waals surface area contributed by atoms with Crippen molar-refractivity contribution in [2.24, 2.45) is 5.92 Å². The van der Waals surface area contributed by atoms with Crippen LogP contribution in [0.25, 0.3) is 0 Å². The van der Waals surface area contributed by atoms with Gasteiger partial charge in [0.2, 0.25) is 5.91 Å². The van der Waals surface area contributed by atoms with Crippen molar-refractivity contribution in [1.29, 1.82) is 0 Å². The fourth-order valence-corrected chi connectivity index (χ4v) is 2.12. The predicted octanol–water partition coefficient (Wildman–Crippen LogP) is 1.08. The van der Waals surface area contributed by atoms with Crippen molar-refractivity contribution in [1.82, 2.24) is 5.32 Å². The van der Waals surface area contributed by atoms with Crippen molar-refractivity contribution >= 4 is 5.91 Å². The first kappa shape index (κ1) is 13.5. The van der Waals surface area contributed by atoms with E-state index in [1.54, 1.807) is 0 Å². The summed E-state index contributed by atoms with van der Waals surface area (Å²) >= 11 is 0. The molecule has 1 unspecified atom stereocenters. The molecular weight excluding hydrogens is 206 g/mol. The van der Waals surface area contributed by atoms with Crippen LogP contribution in [-0.4, -0.2) is 36.9 Å². The minimum atomic E-state index is -0.376. The summed E-state index contributed by atoms with van der Waals surface area (Å²) in [5.74, 6) is 0.345. The minimum Gasteiger partial charge on any atom is -0.391 e. The fraction of sp³-hybridized carbons (Fsp3) is 0.917. The number of carbonyl (C=O) groups excluding carboxylic acids is 1. The van der Waals surface area contributed by atoms with E-state index in [0.29, 0.717) is 32.1 Å². The zero-order valence-electron chi connectivity index (χ0n) is 10.1. The smallest absolute Gasteiger partial charge is 0.222 e. The van der Waals surface area contributed by atoms with Gasteiger partial charge in [0.05, 0.1) is 12.7 Å². The molecule has 0 aliphatic heterocycles. The number of aliphatic hydroxyl groups excluding tert-OH is 1. The molecule has 0 aromatic heterocycles. The Hall–Kier alpha value is -0.610. The second kappa shape index (κ2) is 7.63. The number of hydrogen-bond donors (Lipinski definition) is 2. The lowest BCUT2D eigenvalue weighted by Gasteiger charge is -2.17. The average molecular weight is 229 g/mol. The maximum Gasteiger partial charge on any atom is 0.222 e. The van der Waals surface area contributed by atoms with Crippen LogP contribution in [0.5, 0.6) is 0 Å². The SMILES string of the molecule is CCOCCC(=O)NCC(O)C1CCCC1. The molecule has 0 bridgehead atoms. The van der Waals surface area contributed by atoms with Gasteiger partial charge >= 0.3 is 0 Å². The van der Waals surface area contributed by atoms with Gasteiger partial charge in [-0.2, -0.15) is 0 Å². The molecule has 16 heavy (non-hydrogen) atoms. The summed E-state index contributed by atoms with van der Waals surface area (Å²) in [5.41, 5.74) is 0. The highest BCUT2D eigenvalue weighted by atomic mass is 16.5. The van der Waals surface area contributed by atoms with E-state index < -0.39 is 0 Å². The van der Waals surface area contributed by atoms with Crippen LogP contribution < -0.4 is 5.32 Å². The van der Waals surface area contributed by atoms with Crippen LogP contribution in [0, 0.1) is 5.92 Å². The highest BCUT2D eigenvalue weighted by Gasteiger charge is 2.23. The third kappa shape index (κ3) is 4.94. The molecule has 0 heterocycles. The molecule has 1 rings (SSSR count). The van der Waals surface area contributed by atoms with Crippen LogP contribution in [-0.2, 0) is 9.53 Å². The van der Waals surface area contributed by atoms with Gasteiger partial charge < -0.3 is 15.2 Å². The van der Waals surface area contributed by atoms with Gasteiger partial charge in [-0.25, -0.2) is 0 Å². The second-order valence-electron chi connectivity index (χ2n) is 4.36. The Morgan fingerprint density at radius 1 is 1.50 bits per heavy atom. The molecule has 0 aromatic rings. The lowest BCUT2D eigenvalue weighted by atomic mass is 10.0. The Balaban J connectivity index is 2.06. The normalized spacial score (nSPS) is 18.6. The van der Waals surface area contributed by atoms with Crippen molar-refractivity contribution in [3.63, 3.8) is 0 Å². The molecule has 1 saturated carbocycles. The standard InChI is InChI=1S/C12H23NO3/c1-2-16-8-7-12(15)13-9-11(14)10-5-3-4-6-10/h10-11,14H,2-9H2,1H3,(H,13,15). The molecule has 1 aliphatic rings. The highest BCUT2D eigenvalue weighted by Crippen LogP contribution is 2.27. The zero-order valence-corrected chi connectivity index (χ0v) is 10.1. The molecule has 4 heteroatoms. The fourth-order valence-electron chi connectivity index (χ4n) is 2.12. The quantitative estimate of drug-likeness (QED) is 0.642.